The zero-order valence-electron chi connectivity index (χ0n) is 30.2. The number of methoxy groups -OCH3 is 1. The monoisotopic (exact) mass is 719 g/mol. The first-order chi connectivity index (χ1) is 27.2. The van der Waals surface area contributed by atoms with Crippen LogP contribution in [0.25, 0.3) is 90.9 Å². The third-order valence-electron chi connectivity index (χ3n) is 9.83. The maximum atomic E-state index is 5.96. The number of pyridine rings is 2. The third kappa shape index (κ3) is 6.58. The number of hydrogen-bond donors (Lipinski definition) is 3. The molecule has 8 bridgehead atoms. The molecule has 0 aliphatic carbocycles. The van der Waals surface area contributed by atoms with Gasteiger partial charge in [-0.25, -0.2) is 9.97 Å². The lowest BCUT2D eigenvalue weighted by Crippen LogP contribution is -2.05. The molecule has 0 unspecified atom stereocenters. The van der Waals surface area contributed by atoms with Gasteiger partial charge in [-0.15, -0.1) is 0 Å². The zero-order valence-corrected chi connectivity index (χ0v) is 30.2. The van der Waals surface area contributed by atoms with Crippen LogP contribution in [0.2, 0.25) is 0 Å². The summed E-state index contributed by atoms with van der Waals surface area (Å²) in [5.74, 6) is 1.58. The van der Waals surface area contributed by atoms with Crippen LogP contribution in [-0.4, -0.2) is 50.2 Å². The molecule has 0 saturated heterocycles. The number of benzene rings is 2. The summed E-state index contributed by atoms with van der Waals surface area (Å²) in [5.41, 5.74) is 20.5. The maximum absolute atomic E-state index is 5.96. The van der Waals surface area contributed by atoms with E-state index >= 15 is 0 Å². The molecule has 55 heavy (non-hydrogen) atoms. The van der Waals surface area contributed by atoms with Gasteiger partial charge in [-0.1, -0.05) is 24.3 Å². The lowest BCUT2D eigenvalue weighted by Gasteiger charge is -2.08. The predicted molar refractivity (Wildman–Crippen MR) is 222 cm³/mol. The molecule has 0 atom stereocenters. The molecule has 7 heterocycles. The van der Waals surface area contributed by atoms with E-state index in [1.165, 1.54) is 0 Å². The van der Waals surface area contributed by atoms with E-state index in [1.54, 1.807) is 7.11 Å². The molecule has 9 rings (SSSR count). The topological polar surface area (TPSA) is 128 Å². The number of nitrogens with two attached hydrogens (primary N) is 1. The van der Waals surface area contributed by atoms with Gasteiger partial charge in [0.2, 0.25) is 0 Å². The SMILES string of the molecule is COc1ccc(-c2c3nc(c(-c4ccncc4)c4ccc([nH]4)c(-c4ccc(OCCCN)cc4)c4nc(c(-c5ccncc5)c5ccc2[nH]5)C=C4)C=C3)cc1. The second kappa shape index (κ2) is 14.7. The molecule has 0 fully saturated rings. The van der Waals surface area contributed by atoms with Gasteiger partial charge in [-0.3, -0.25) is 9.97 Å². The Morgan fingerprint density at radius 3 is 1.20 bits per heavy atom. The molecule has 2 aromatic carbocycles. The van der Waals surface area contributed by atoms with Crippen LogP contribution < -0.4 is 15.2 Å². The van der Waals surface area contributed by atoms with Gasteiger partial charge < -0.3 is 25.2 Å². The number of ether oxygens (including phenoxy) is 2. The minimum absolute atomic E-state index is 0.568. The Morgan fingerprint density at radius 1 is 0.473 bits per heavy atom. The van der Waals surface area contributed by atoms with Gasteiger partial charge in [0.1, 0.15) is 11.5 Å². The number of H-pyrrole nitrogens is 2. The van der Waals surface area contributed by atoms with Crippen molar-refractivity contribution >= 4 is 46.4 Å². The highest BCUT2D eigenvalue weighted by Crippen LogP contribution is 2.38. The zero-order chi connectivity index (χ0) is 37.1. The average molecular weight is 720 g/mol. The summed E-state index contributed by atoms with van der Waals surface area (Å²) in [7, 11) is 1.68. The smallest absolute Gasteiger partial charge is 0.119 e. The van der Waals surface area contributed by atoms with Gasteiger partial charge in [-0.2, -0.15) is 0 Å². The molecule has 268 valence electrons. The third-order valence-corrected chi connectivity index (χ3v) is 9.83. The summed E-state index contributed by atoms with van der Waals surface area (Å²) in [6.07, 6.45) is 16.4. The average Bonchev–Trinajstić information content (AvgIpc) is 4.08. The highest BCUT2D eigenvalue weighted by Gasteiger charge is 2.19. The van der Waals surface area contributed by atoms with Gasteiger partial charge in [0, 0.05) is 69.1 Å². The van der Waals surface area contributed by atoms with E-state index in [-0.39, 0.29) is 0 Å². The van der Waals surface area contributed by atoms with E-state index in [4.69, 9.17) is 25.2 Å². The second-order valence-corrected chi connectivity index (χ2v) is 13.2. The minimum atomic E-state index is 0.568. The number of nitrogens with one attached hydrogen (secondary N) is 2. The molecule has 0 spiro atoms. The number of rotatable bonds is 9. The maximum Gasteiger partial charge on any atom is 0.119 e. The van der Waals surface area contributed by atoms with Crippen LogP contribution in [0.5, 0.6) is 11.5 Å². The quantitative estimate of drug-likeness (QED) is 0.127. The van der Waals surface area contributed by atoms with Crippen molar-refractivity contribution in [1.29, 1.82) is 0 Å². The molecule has 7 aromatic rings. The van der Waals surface area contributed by atoms with E-state index in [9.17, 15) is 0 Å². The molecule has 2 aliphatic heterocycles. The molecule has 2 aliphatic rings. The van der Waals surface area contributed by atoms with Crippen LogP contribution >= 0.6 is 0 Å². The number of nitrogens with zero attached hydrogens (tertiary/aromatic N) is 4. The van der Waals surface area contributed by atoms with Crippen molar-refractivity contribution in [3.8, 4) is 56.0 Å². The Morgan fingerprint density at radius 2 is 0.836 bits per heavy atom. The van der Waals surface area contributed by atoms with Crippen molar-refractivity contribution in [2.45, 2.75) is 6.42 Å². The molecule has 0 saturated carbocycles. The number of hydrogen-bond acceptors (Lipinski definition) is 7. The van der Waals surface area contributed by atoms with Gasteiger partial charge in [0.25, 0.3) is 0 Å². The van der Waals surface area contributed by atoms with Gasteiger partial charge in [-0.05, 0) is 132 Å². The van der Waals surface area contributed by atoms with Crippen LogP contribution in [0, 0.1) is 0 Å². The summed E-state index contributed by atoms with van der Waals surface area (Å²) >= 11 is 0. The first kappa shape index (κ1) is 33.7. The summed E-state index contributed by atoms with van der Waals surface area (Å²) < 4.78 is 11.5. The molecule has 9 nitrogen and oxygen atoms in total. The van der Waals surface area contributed by atoms with Crippen LogP contribution in [0.4, 0.5) is 0 Å². The van der Waals surface area contributed by atoms with Crippen molar-refractivity contribution in [3.05, 3.63) is 145 Å². The predicted octanol–water partition coefficient (Wildman–Crippen LogP) is 9.85. The number of aromatic nitrogens is 6. The fraction of sp³-hybridized carbons (Fsp3) is 0.0870. The fourth-order valence-electron chi connectivity index (χ4n) is 7.21. The molecule has 5 aromatic heterocycles. The van der Waals surface area contributed by atoms with E-state index in [1.807, 2.05) is 73.3 Å². The molecule has 0 amide bonds. The van der Waals surface area contributed by atoms with Crippen molar-refractivity contribution in [2.24, 2.45) is 5.73 Å². The molecular weight excluding hydrogens is 683 g/mol. The first-order valence-electron chi connectivity index (χ1n) is 18.2. The van der Waals surface area contributed by atoms with Crippen LogP contribution in [0.15, 0.2) is 122 Å². The fourth-order valence-corrected chi connectivity index (χ4v) is 7.21. The Balaban J connectivity index is 1.39. The van der Waals surface area contributed by atoms with E-state index in [0.29, 0.717) is 13.2 Å². The molecule has 4 N–H and O–H groups in total. The summed E-state index contributed by atoms with van der Waals surface area (Å²) in [6.45, 7) is 1.15. The summed E-state index contributed by atoms with van der Waals surface area (Å²) in [6, 6.07) is 32.8. The van der Waals surface area contributed by atoms with Crippen molar-refractivity contribution < 1.29 is 9.47 Å². The molecule has 9 heteroatoms. The van der Waals surface area contributed by atoms with E-state index in [0.717, 1.165) is 107 Å². The largest absolute Gasteiger partial charge is 0.497 e. The Labute approximate surface area is 317 Å². The lowest BCUT2D eigenvalue weighted by molar-refractivity contribution is 0.313. The first-order valence-corrected chi connectivity index (χ1v) is 18.2. The van der Waals surface area contributed by atoms with E-state index < -0.39 is 0 Å². The van der Waals surface area contributed by atoms with Gasteiger partial charge in [0.15, 0.2) is 0 Å². The Bertz CT molecular complexity index is 2700. The van der Waals surface area contributed by atoms with Crippen LogP contribution in [0.1, 0.15) is 29.2 Å². The van der Waals surface area contributed by atoms with Crippen molar-refractivity contribution in [2.75, 3.05) is 20.3 Å². The van der Waals surface area contributed by atoms with Gasteiger partial charge in [0.05, 0.1) is 36.5 Å². The van der Waals surface area contributed by atoms with Gasteiger partial charge >= 0.3 is 0 Å². The molecule has 0 radical (unpaired) electrons. The Hall–Kier alpha value is -7.10. The lowest BCUT2D eigenvalue weighted by atomic mass is 10.0. The number of fused-ring (bicyclic) bond motifs is 8. The summed E-state index contributed by atoms with van der Waals surface area (Å²) in [4.78, 5) is 26.9. The highest BCUT2D eigenvalue weighted by atomic mass is 16.5. The van der Waals surface area contributed by atoms with E-state index in [2.05, 4.69) is 92.8 Å². The molecular formula is C46H37N7O2. The second-order valence-electron chi connectivity index (χ2n) is 13.2. The highest BCUT2D eigenvalue weighted by molar-refractivity contribution is 5.99. The normalized spacial score (nSPS) is 11.9. The Kier molecular flexibility index (Phi) is 9.03. The van der Waals surface area contributed by atoms with Crippen LogP contribution in [0.3, 0.4) is 0 Å². The summed E-state index contributed by atoms with van der Waals surface area (Å²) in [5, 5.41) is 0. The van der Waals surface area contributed by atoms with Crippen molar-refractivity contribution in [1.82, 2.24) is 29.9 Å². The number of aromatic amines is 2. The minimum Gasteiger partial charge on any atom is -0.497 e. The van der Waals surface area contributed by atoms with Crippen LogP contribution in [-0.2, 0) is 0 Å². The standard InChI is InChI=1S/C46H37N7O2/c1-54-33-7-3-29(4-8-33)43-35-11-15-39(50-35)45(31-19-24-48-25-20-31)41-17-13-37(52-41)44(30-5-9-34(10-6-30)55-28-2-23-47)38-14-18-42(53-38)46(32-21-26-49-27-22-32)40-16-12-36(43)51-40/h3-22,24-27,50,53H,2,23,28,47H2,1H3. The van der Waals surface area contributed by atoms with Crippen molar-refractivity contribution in [3.63, 3.8) is 0 Å².